The van der Waals surface area contributed by atoms with Crippen LogP contribution in [0.5, 0.6) is 0 Å². The van der Waals surface area contributed by atoms with E-state index in [1.807, 2.05) is 11.0 Å². The number of esters is 1. The standard InChI is InChI=1S/C16H24N2O3S/c1-3-4-7-10-18(11-12-19)16(22)17-14-9-6-5-8-13(14)15(20)21-2/h5-6,8-9,19H,3-4,7,10-12H2,1-2H3,(H,17,22). The Morgan fingerprint density at radius 3 is 2.68 bits per heavy atom. The second-order valence-corrected chi connectivity index (χ2v) is 5.27. The van der Waals surface area contributed by atoms with Crippen LogP contribution < -0.4 is 5.32 Å². The molecule has 5 nitrogen and oxygen atoms in total. The van der Waals surface area contributed by atoms with E-state index in [-0.39, 0.29) is 6.61 Å². The van der Waals surface area contributed by atoms with Gasteiger partial charge in [-0.3, -0.25) is 0 Å². The van der Waals surface area contributed by atoms with Gasteiger partial charge in [-0.25, -0.2) is 4.79 Å². The minimum atomic E-state index is -0.411. The van der Waals surface area contributed by atoms with Gasteiger partial charge in [0.25, 0.3) is 0 Å². The highest BCUT2D eigenvalue weighted by atomic mass is 32.1. The maximum absolute atomic E-state index is 11.8. The normalized spacial score (nSPS) is 10.1. The molecule has 0 aliphatic heterocycles. The molecule has 0 saturated heterocycles. The van der Waals surface area contributed by atoms with Crippen LogP contribution in [0.3, 0.4) is 0 Å². The van der Waals surface area contributed by atoms with Gasteiger partial charge >= 0.3 is 5.97 Å². The summed E-state index contributed by atoms with van der Waals surface area (Å²) >= 11 is 5.41. The van der Waals surface area contributed by atoms with Gasteiger partial charge in [0.1, 0.15) is 0 Å². The molecule has 2 N–H and O–H groups in total. The molecule has 22 heavy (non-hydrogen) atoms. The third kappa shape index (κ3) is 5.61. The third-order valence-electron chi connectivity index (χ3n) is 3.26. The fraction of sp³-hybridized carbons (Fsp3) is 0.500. The van der Waals surface area contributed by atoms with Crippen LogP contribution in [0.4, 0.5) is 5.69 Å². The lowest BCUT2D eigenvalue weighted by Gasteiger charge is -2.25. The molecule has 0 bridgehead atoms. The Morgan fingerprint density at radius 2 is 2.05 bits per heavy atom. The molecule has 0 aliphatic rings. The number of benzene rings is 1. The zero-order valence-corrected chi connectivity index (χ0v) is 14.0. The highest BCUT2D eigenvalue weighted by Crippen LogP contribution is 2.17. The lowest BCUT2D eigenvalue weighted by Crippen LogP contribution is -2.37. The van der Waals surface area contributed by atoms with Crippen molar-refractivity contribution in [1.29, 1.82) is 0 Å². The molecule has 0 atom stereocenters. The molecule has 0 aliphatic carbocycles. The van der Waals surface area contributed by atoms with Gasteiger partial charge in [-0.15, -0.1) is 0 Å². The molecular formula is C16H24N2O3S. The van der Waals surface area contributed by atoms with Crippen LogP contribution in [0.1, 0.15) is 36.5 Å². The number of para-hydroxylation sites is 1. The first kappa shape index (κ1) is 18.4. The van der Waals surface area contributed by atoms with Crippen molar-refractivity contribution in [3.05, 3.63) is 29.8 Å². The van der Waals surface area contributed by atoms with Crippen molar-refractivity contribution >= 4 is 29.0 Å². The number of nitrogens with zero attached hydrogens (tertiary/aromatic N) is 1. The van der Waals surface area contributed by atoms with Crippen molar-refractivity contribution < 1.29 is 14.6 Å². The van der Waals surface area contributed by atoms with Gasteiger partial charge in [0.2, 0.25) is 0 Å². The van der Waals surface area contributed by atoms with Crippen LogP contribution >= 0.6 is 12.2 Å². The van der Waals surface area contributed by atoms with E-state index in [1.54, 1.807) is 18.2 Å². The molecule has 0 spiro atoms. The SMILES string of the molecule is CCCCCN(CCO)C(=S)Nc1ccccc1C(=O)OC. The Labute approximate surface area is 137 Å². The lowest BCUT2D eigenvalue weighted by molar-refractivity contribution is 0.0602. The van der Waals surface area contributed by atoms with Crippen molar-refractivity contribution in [2.75, 3.05) is 32.1 Å². The Kier molecular flexibility index (Phi) is 8.47. The highest BCUT2D eigenvalue weighted by molar-refractivity contribution is 7.80. The summed E-state index contributed by atoms with van der Waals surface area (Å²) in [6.45, 7) is 3.42. The number of methoxy groups -OCH3 is 1. The van der Waals surface area contributed by atoms with Crippen LogP contribution in [0.15, 0.2) is 24.3 Å². The second-order valence-electron chi connectivity index (χ2n) is 4.89. The van der Waals surface area contributed by atoms with Gasteiger partial charge in [0.05, 0.1) is 25.0 Å². The molecule has 1 rings (SSSR count). The summed E-state index contributed by atoms with van der Waals surface area (Å²) in [5, 5.41) is 12.8. The lowest BCUT2D eigenvalue weighted by atomic mass is 10.2. The number of carbonyl (C=O) groups excluding carboxylic acids is 1. The number of aliphatic hydroxyl groups excluding tert-OH is 1. The minimum absolute atomic E-state index is 0.0343. The summed E-state index contributed by atoms with van der Waals surface area (Å²) in [6, 6.07) is 7.06. The Hall–Kier alpha value is -1.66. The zero-order valence-electron chi connectivity index (χ0n) is 13.2. The molecule has 6 heteroatoms. The first-order chi connectivity index (χ1) is 10.6. The van der Waals surface area contributed by atoms with Gasteiger partial charge in [0.15, 0.2) is 5.11 Å². The summed E-state index contributed by atoms with van der Waals surface area (Å²) in [6.07, 6.45) is 3.25. The van der Waals surface area contributed by atoms with Gasteiger partial charge < -0.3 is 20.1 Å². The zero-order chi connectivity index (χ0) is 16.4. The van der Waals surface area contributed by atoms with E-state index in [4.69, 9.17) is 17.0 Å². The molecule has 1 aromatic rings. The first-order valence-corrected chi connectivity index (χ1v) is 7.89. The summed E-state index contributed by atoms with van der Waals surface area (Å²) in [5.74, 6) is -0.411. The predicted octanol–water partition coefficient (Wildman–Crippen LogP) is 2.65. The number of rotatable bonds is 8. The molecule has 0 amide bonds. The minimum Gasteiger partial charge on any atom is -0.465 e. The number of hydrogen-bond acceptors (Lipinski definition) is 4. The Morgan fingerprint density at radius 1 is 1.32 bits per heavy atom. The molecule has 1 aromatic carbocycles. The molecular weight excluding hydrogens is 300 g/mol. The van der Waals surface area contributed by atoms with Crippen molar-refractivity contribution in [2.45, 2.75) is 26.2 Å². The summed E-state index contributed by atoms with van der Waals surface area (Å²) in [5.41, 5.74) is 1.04. The van der Waals surface area contributed by atoms with Gasteiger partial charge in [0, 0.05) is 13.1 Å². The fourth-order valence-electron chi connectivity index (χ4n) is 2.06. The average molecular weight is 324 g/mol. The quantitative estimate of drug-likeness (QED) is 0.435. The molecule has 0 saturated carbocycles. The van der Waals surface area contributed by atoms with E-state index < -0.39 is 5.97 Å². The van der Waals surface area contributed by atoms with Crippen LogP contribution in [-0.2, 0) is 4.74 Å². The van der Waals surface area contributed by atoms with Crippen LogP contribution in [0.25, 0.3) is 0 Å². The number of anilines is 1. The van der Waals surface area contributed by atoms with E-state index in [0.717, 1.165) is 25.8 Å². The van der Waals surface area contributed by atoms with Gasteiger partial charge in [-0.05, 0) is 30.8 Å². The molecule has 0 radical (unpaired) electrons. The Balaban J connectivity index is 2.78. The summed E-state index contributed by atoms with van der Waals surface area (Å²) in [4.78, 5) is 13.7. The van der Waals surface area contributed by atoms with Gasteiger partial charge in [-0.1, -0.05) is 31.9 Å². The average Bonchev–Trinajstić information content (AvgIpc) is 2.54. The maximum atomic E-state index is 11.8. The largest absolute Gasteiger partial charge is 0.465 e. The molecule has 0 fully saturated rings. The van der Waals surface area contributed by atoms with E-state index >= 15 is 0 Å². The number of thiocarbonyl (C=S) groups is 1. The van der Waals surface area contributed by atoms with Crippen molar-refractivity contribution in [2.24, 2.45) is 0 Å². The first-order valence-electron chi connectivity index (χ1n) is 7.48. The van der Waals surface area contributed by atoms with Crippen molar-refractivity contribution in [3.63, 3.8) is 0 Å². The second kappa shape index (κ2) is 10.1. The number of nitrogens with one attached hydrogen (secondary N) is 1. The van der Waals surface area contributed by atoms with Crippen LogP contribution in [0.2, 0.25) is 0 Å². The maximum Gasteiger partial charge on any atom is 0.339 e. The van der Waals surface area contributed by atoms with E-state index in [0.29, 0.717) is 22.9 Å². The topological polar surface area (TPSA) is 61.8 Å². The number of carbonyl (C=O) groups is 1. The third-order valence-corrected chi connectivity index (χ3v) is 3.62. The highest BCUT2D eigenvalue weighted by Gasteiger charge is 2.14. The molecule has 0 unspecified atom stereocenters. The molecule has 0 heterocycles. The molecule has 122 valence electrons. The van der Waals surface area contributed by atoms with Gasteiger partial charge in [-0.2, -0.15) is 0 Å². The number of aliphatic hydroxyl groups is 1. The van der Waals surface area contributed by atoms with E-state index in [1.165, 1.54) is 7.11 Å². The molecule has 0 aromatic heterocycles. The Bertz CT molecular complexity index is 494. The summed E-state index contributed by atoms with van der Waals surface area (Å²) in [7, 11) is 1.35. The van der Waals surface area contributed by atoms with E-state index in [2.05, 4.69) is 12.2 Å². The summed E-state index contributed by atoms with van der Waals surface area (Å²) < 4.78 is 4.77. The number of unbranched alkanes of at least 4 members (excludes halogenated alkanes) is 2. The number of ether oxygens (including phenoxy) is 1. The van der Waals surface area contributed by atoms with Crippen molar-refractivity contribution in [1.82, 2.24) is 4.90 Å². The monoisotopic (exact) mass is 324 g/mol. The van der Waals surface area contributed by atoms with Crippen LogP contribution in [-0.4, -0.2) is 47.9 Å². The predicted molar refractivity (Wildman–Crippen MR) is 92.2 cm³/mol. The number of hydrogen-bond donors (Lipinski definition) is 2. The fourth-order valence-corrected chi connectivity index (χ4v) is 2.36. The van der Waals surface area contributed by atoms with Crippen LogP contribution in [0, 0.1) is 0 Å². The van der Waals surface area contributed by atoms with Crippen molar-refractivity contribution in [3.8, 4) is 0 Å². The van der Waals surface area contributed by atoms with E-state index in [9.17, 15) is 9.90 Å². The smallest absolute Gasteiger partial charge is 0.339 e.